The number of aliphatic hydroxyl groups is 1. The van der Waals surface area contributed by atoms with Gasteiger partial charge in [0.15, 0.2) is 5.78 Å². The molecule has 0 radical (unpaired) electrons. The number of hydrogen-bond acceptors (Lipinski definition) is 13. The second-order valence-corrected chi connectivity index (χ2v) is 19.8. The summed E-state index contributed by atoms with van der Waals surface area (Å²) in [6.45, 7) is 10.6. The fourth-order valence-corrected chi connectivity index (χ4v) is 8.36. The van der Waals surface area contributed by atoms with Crippen LogP contribution >= 0.6 is 0 Å². The third-order valence-electron chi connectivity index (χ3n) is 12.4. The number of aliphatic hydroxyl groups excluding tert-OH is 1. The van der Waals surface area contributed by atoms with Crippen molar-refractivity contribution in [2.75, 3.05) is 26.2 Å². The van der Waals surface area contributed by atoms with E-state index in [2.05, 4.69) is 49.5 Å². The highest BCUT2D eigenvalue weighted by molar-refractivity contribution is 5.98. The van der Waals surface area contributed by atoms with Gasteiger partial charge < -0.3 is 64.8 Å². The molecule has 8 amide bonds. The van der Waals surface area contributed by atoms with Crippen LogP contribution in [0.3, 0.4) is 0 Å². The van der Waals surface area contributed by atoms with Crippen molar-refractivity contribution in [2.45, 2.75) is 186 Å². The van der Waals surface area contributed by atoms with Gasteiger partial charge in [0.25, 0.3) is 0 Å². The van der Waals surface area contributed by atoms with Gasteiger partial charge in [0.2, 0.25) is 47.3 Å². The van der Waals surface area contributed by atoms with Crippen molar-refractivity contribution in [3.8, 4) is 0 Å². The molecule has 72 heavy (non-hydrogen) atoms. The predicted molar refractivity (Wildman–Crippen MR) is 274 cm³/mol. The molecule has 406 valence electrons. The van der Waals surface area contributed by atoms with Gasteiger partial charge in [0.1, 0.15) is 36.3 Å². The quantitative estimate of drug-likeness (QED) is 0.0607. The highest BCUT2D eigenvalue weighted by Gasteiger charge is 2.35. The Hall–Kier alpha value is -5.51. The van der Waals surface area contributed by atoms with E-state index in [9.17, 15) is 48.3 Å². The maximum absolute atomic E-state index is 14.2. The Morgan fingerprint density at radius 1 is 0.639 bits per heavy atom. The lowest BCUT2D eigenvalue weighted by molar-refractivity contribution is -0.136. The van der Waals surface area contributed by atoms with Crippen molar-refractivity contribution >= 4 is 53.0 Å². The first-order valence-corrected chi connectivity index (χ1v) is 26.0. The Balaban J connectivity index is 2.61. The molecule has 15 N–H and O–H groups in total. The molecule has 1 saturated heterocycles. The summed E-state index contributed by atoms with van der Waals surface area (Å²) in [6.07, 6.45) is 3.77. The van der Waals surface area contributed by atoms with Gasteiger partial charge >= 0.3 is 0 Å². The maximum Gasteiger partial charge on any atom is 0.243 e. The molecule has 1 aliphatic heterocycles. The first kappa shape index (κ1) is 62.6. The highest BCUT2D eigenvalue weighted by Crippen LogP contribution is 2.16. The van der Waals surface area contributed by atoms with Crippen molar-refractivity contribution in [3.63, 3.8) is 0 Å². The minimum absolute atomic E-state index is 0.00840. The number of unbranched alkanes of at least 4 members (excludes halogenated alkanes) is 4. The number of amides is 8. The summed E-state index contributed by atoms with van der Waals surface area (Å²) in [6, 6.07) is 0.347. The van der Waals surface area contributed by atoms with Gasteiger partial charge in [-0.15, -0.1) is 0 Å². The zero-order valence-electron chi connectivity index (χ0n) is 43.5. The molecule has 0 aromatic heterocycles. The van der Waals surface area contributed by atoms with E-state index in [1.165, 1.54) is 6.92 Å². The Bertz CT molecular complexity index is 1890. The molecule has 21 heteroatoms. The molecule has 2 rings (SSSR count). The van der Waals surface area contributed by atoms with Crippen LogP contribution in [0.4, 0.5) is 0 Å². The summed E-state index contributed by atoms with van der Waals surface area (Å²) in [5.74, 6) is -7.57. The van der Waals surface area contributed by atoms with E-state index in [4.69, 9.17) is 17.2 Å². The third kappa shape index (κ3) is 23.8. The fourth-order valence-electron chi connectivity index (χ4n) is 8.36. The third-order valence-corrected chi connectivity index (χ3v) is 12.4. The van der Waals surface area contributed by atoms with Gasteiger partial charge in [-0.1, -0.05) is 97.1 Å². The molecule has 1 aromatic carbocycles. The molecule has 0 unspecified atom stereocenters. The van der Waals surface area contributed by atoms with E-state index in [-0.39, 0.29) is 89.4 Å². The minimum atomic E-state index is -1.28. The average Bonchev–Trinajstić information content (AvgIpc) is 3.31. The van der Waals surface area contributed by atoms with Gasteiger partial charge in [0.05, 0.1) is 18.6 Å². The maximum atomic E-state index is 14.2. The second kappa shape index (κ2) is 34.0. The summed E-state index contributed by atoms with van der Waals surface area (Å²) in [7, 11) is 0. The summed E-state index contributed by atoms with van der Waals surface area (Å²) >= 11 is 0. The van der Waals surface area contributed by atoms with E-state index in [1.807, 2.05) is 27.7 Å². The predicted octanol–water partition coefficient (Wildman–Crippen LogP) is -0.0120. The second-order valence-electron chi connectivity index (χ2n) is 19.8. The van der Waals surface area contributed by atoms with Gasteiger partial charge in [-0.3, -0.25) is 43.2 Å². The van der Waals surface area contributed by atoms with Gasteiger partial charge in [-0.25, -0.2) is 0 Å². The lowest BCUT2D eigenvalue weighted by Crippen LogP contribution is -2.60. The number of benzene rings is 1. The van der Waals surface area contributed by atoms with Crippen LogP contribution in [-0.2, 0) is 49.6 Å². The lowest BCUT2D eigenvalue weighted by Gasteiger charge is -2.28. The SMILES string of the molecule is CCCCCCC[C@@H](O)CC(=O)N[C@H](CCN)C(=O)C[C@H]1CCNC(=O)[C@H](CC(C)C)NC(=O)[C@H](CCN)NC(=O)[C@H](CCN)NC(=O)[C@H](CC(C)C)NC(=O)[C@@H](Cc2ccccc2)NC(=O)[C@H](C)NC1=O. The zero-order chi connectivity index (χ0) is 53.8. The standard InChI is InChI=1S/C51H87N11O10/c1-7-8-9-10-14-17-36(63)30-44(65)57-37(18-22-52)43(64)29-35-21-25-55-47(68)40(26-31(2)3)61-49(70)39(20-24-54)58-48(69)38(19-23-53)59-50(71)41(27-32(4)5)62-51(72)42(28-34-15-12-11-13-16-34)60-45(66)33(6)56-46(35)67/h11-13,15-16,31-33,35-42,63H,7-10,14,17-30,52-54H2,1-6H3,(H,55,68)(H,56,67)(H,57,65)(H,58,69)(H,59,71)(H,60,66)(H,61,70)(H,62,72)/t33-,35+,36+,37+,38-,39-,40-,41-,42+/m0/s1. The van der Waals surface area contributed by atoms with Crippen LogP contribution in [0.5, 0.6) is 0 Å². The molecule has 0 bridgehead atoms. The Kier molecular flexibility index (Phi) is 29.6. The first-order chi connectivity index (χ1) is 34.2. The van der Waals surface area contributed by atoms with Crippen LogP contribution in [0.1, 0.15) is 137 Å². The number of rotatable bonds is 24. The fraction of sp³-hybridized carbons (Fsp3) is 0.706. The topological polar surface area (TPSA) is 348 Å². The van der Waals surface area contributed by atoms with Crippen LogP contribution in [-0.4, -0.2) is 133 Å². The van der Waals surface area contributed by atoms with Gasteiger partial charge in [0, 0.05) is 25.3 Å². The molecule has 0 aliphatic carbocycles. The number of ketones is 1. The zero-order valence-corrected chi connectivity index (χ0v) is 43.5. The van der Waals surface area contributed by atoms with Crippen LogP contribution in [0.15, 0.2) is 30.3 Å². The van der Waals surface area contributed by atoms with Crippen LogP contribution < -0.4 is 59.7 Å². The van der Waals surface area contributed by atoms with Crippen molar-refractivity contribution in [1.82, 2.24) is 42.5 Å². The van der Waals surface area contributed by atoms with Crippen LogP contribution in [0, 0.1) is 17.8 Å². The van der Waals surface area contributed by atoms with Crippen molar-refractivity contribution < 1.29 is 48.3 Å². The Morgan fingerprint density at radius 2 is 1.15 bits per heavy atom. The number of carbonyl (C=O) groups excluding carboxylic acids is 9. The molecular formula is C51H87N11O10. The van der Waals surface area contributed by atoms with Crippen LogP contribution in [0.2, 0.25) is 0 Å². The molecule has 1 aliphatic rings. The monoisotopic (exact) mass is 1010 g/mol. The van der Waals surface area contributed by atoms with E-state index >= 15 is 0 Å². The Morgan fingerprint density at radius 3 is 1.69 bits per heavy atom. The smallest absolute Gasteiger partial charge is 0.243 e. The summed E-state index contributed by atoms with van der Waals surface area (Å²) in [5.41, 5.74) is 18.3. The molecule has 9 atom stereocenters. The van der Waals surface area contributed by atoms with E-state index in [0.29, 0.717) is 12.0 Å². The summed E-state index contributed by atoms with van der Waals surface area (Å²) in [4.78, 5) is 125. The molecule has 21 nitrogen and oxygen atoms in total. The van der Waals surface area contributed by atoms with Crippen molar-refractivity contribution in [2.24, 2.45) is 35.0 Å². The van der Waals surface area contributed by atoms with E-state index in [1.54, 1.807) is 30.3 Å². The molecule has 1 fully saturated rings. The molecule has 0 spiro atoms. The number of Topliss-reactive ketones (excluding diaryl/α,β-unsaturated/α-hetero) is 1. The molecular weight excluding hydrogens is 927 g/mol. The number of nitrogens with two attached hydrogens (primary N) is 3. The number of carbonyl (C=O) groups is 9. The van der Waals surface area contributed by atoms with Crippen molar-refractivity contribution in [1.29, 1.82) is 0 Å². The van der Waals surface area contributed by atoms with E-state index < -0.39 is 114 Å². The first-order valence-electron chi connectivity index (χ1n) is 26.0. The van der Waals surface area contributed by atoms with Crippen LogP contribution in [0.25, 0.3) is 0 Å². The molecule has 1 heterocycles. The summed E-state index contributed by atoms with van der Waals surface area (Å²) in [5, 5.41) is 32.2. The molecule has 1 aromatic rings. The summed E-state index contributed by atoms with van der Waals surface area (Å²) < 4.78 is 0. The average molecular weight is 1010 g/mol. The Labute approximate surface area is 426 Å². The van der Waals surface area contributed by atoms with E-state index in [0.717, 1.165) is 32.1 Å². The van der Waals surface area contributed by atoms with Crippen molar-refractivity contribution in [3.05, 3.63) is 35.9 Å². The normalized spacial score (nSPS) is 23.4. The minimum Gasteiger partial charge on any atom is -0.393 e. The lowest BCUT2D eigenvalue weighted by atomic mass is 9.92. The number of hydrogen-bond donors (Lipinski definition) is 12. The largest absolute Gasteiger partial charge is 0.393 e. The number of nitrogens with one attached hydrogen (secondary N) is 8. The highest BCUT2D eigenvalue weighted by atomic mass is 16.3. The molecule has 0 saturated carbocycles. The van der Waals surface area contributed by atoms with Gasteiger partial charge in [-0.05, 0) is 88.9 Å². The van der Waals surface area contributed by atoms with Gasteiger partial charge in [-0.2, -0.15) is 0 Å².